The van der Waals surface area contributed by atoms with Crippen LogP contribution >= 0.6 is 0 Å². The second kappa shape index (κ2) is 3.36. The van der Waals surface area contributed by atoms with E-state index in [-0.39, 0.29) is 17.1 Å². The summed E-state index contributed by atoms with van der Waals surface area (Å²) in [5.74, 6) is 0. The first kappa shape index (κ1) is 10.4. The fraction of sp³-hybridized carbons (Fsp3) is 0. The smallest absolute Gasteiger partial charge is 0.262 e. The monoisotopic (exact) mass is 170 g/mol. The molecular formula is H2FeO5S. The van der Waals surface area contributed by atoms with Crippen LogP contribution in [0.3, 0.4) is 0 Å². The van der Waals surface area contributed by atoms with Gasteiger partial charge in [-0.05, 0) is 0 Å². The van der Waals surface area contributed by atoms with Crippen LogP contribution in [-0.2, 0) is 31.8 Å². The molecule has 0 aromatic heterocycles. The van der Waals surface area contributed by atoms with Crippen LogP contribution in [-0.4, -0.2) is 18.2 Å². The van der Waals surface area contributed by atoms with Gasteiger partial charge in [-0.25, -0.2) is 5.26 Å². The van der Waals surface area contributed by atoms with E-state index in [0.29, 0.717) is 0 Å². The Labute approximate surface area is 50.6 Å². The van der Waals surface area contributed by atoms with Gasteiger partial charge in [-0.1, -0.05) is 4.33 Å². The van der Waals surface area contributed by atoms with Crippen LogP contribution in [0, 0.1) is 0 Å². The second-order valence-corrected chi connectivity index (χ2v) is 1.51. The van der Waals surface area contributed by atoms with Crippen LogP contribution in [0.4, 0.5) is 0 Å². The summed E-state index contributed by atoms with van der Waals surface area (Å²) in [6.45, 7) is 0. The molecule has 0 fully saturated rings. The van der Waals surface area contributed by atoms with Gasteiger partial charge in [0.2, 0.25) is 0 Å². The molecule has 0 aliphatic carbocycles. The maximum Gasteiger partial charge on any atom is 0.423 e. The summed E-state index contributed by atoms with van der Waals surface area (Å²) < 4.78 is 28.0. The van der Waals surface area contributed by atoms with Gasteiger partial charge in [-0.2, -0.15) is 8.42 Å². The molecule has 46 valence electrons. The molecule has 2 N–H and O–H groups in total. The van der Waals surface area contributed by atoms with E-state index in [1.54, 1.807) is 0 Å². The van der Waals surface area contributed by atoms with Gasteiger partial charge in [0.05, 0.1) is 0 Å². The summed E-state index contributed by atoms with van der Waals surface area (Å²) in [5.41, 5.74) is 0. The molecular weight excluding hydrogens is 168 g/mol. The molecule has 0 saturated heterocycles. The van der Waals surface area contributed by atoms with Crippen LogP contribution < -0.4 is 0 Å². The van der Waals surface area contributed by atoms with E-state index in [0.717, 1.165) is 0 Å². The third-order valence-corrected chi connectivity index (χ3v) is 0.283. The standard InChI is InChI=1S/Fe.H2O5S/c;1-5-6(2,3)4/h;1H,(H,2,3,4). The van der Waals surface area contributed by atoms with Crippen molar-refractivity contribution in [3.63, 3.8) is 0 Å². The maximum absolute atomic E-state index is 9.08. The topological polar surface area (TPSA) is 83.8 Å². The molecule has 0 unspecified atom stereocenters. The van der Waals surface area contributed by atoms with Gasteiger partial charge in [-0.15, -0.1) is 0 Å². The van der Waals surface area contributed by atoms with Crippen molar-refractivity contribution >= 4 is 10.4 Å². The molecule has 0 spiro atoms. The van der Waals surface area contributed by atoms with E-state index in [9.17, 15) is 0 Å². The Morgan fingerprint density at radius 2 is 1.57 bits per heavy atom. The molecule has 0 atom stereocenters. The second-order valence-electron chi connectivity index (χ2n) is 0.502. The van der Waals surface area contributed by atoms with Crippen LogP contribution in [0.25, 0.3) is 0 Å². The Hall–Kier alpha value is 0.349. The minimum Gasteiger partial charge on any atom is -0.262 e. The molecule has 0 saturated carbocycles. The Kier molecular flexibility index (Phi) is 4.98. The molecule has 7 heavy (non-hydrogen) atoms. The minimum atomic E-state index is -4.61. The van der Waals surface area contributed by atoms with Crippen molar-refractivity contribution in [3.05, 3.63) is 0 Å². The zero-order valence-corrected chi connectivity index (χ0v) is 4.80. The Morgan fingerprint density at radius 1 is 1.43 bits per heavy atom. The minimum absolute atomic E-state index is 0. The van der Waals surface area contributed by atoms with E-state index in [4.69, 9.17) is 18.2 Å². The fourth-order valence-electron chi connectivity index (χ4n) is 0. The first-order valence-corrected chi connectivity index (χ1v) is 2.23. The van der Waals surface area contributed by atoms with Crippen LogP contribution in [0.15, 0.2) is 0 Å². The average molecular weight is 170 g/mol. The molecule has 5 nitrogen and oxygen atoms in total. The third-order valence-electron chi connectivity index (χ3n) is 0.0942. The van der Waals surface area contributed by atoms with Gasteiger partial charge >= 0.3 is 10.4 Å². The predicted octanol–water partition coefficient (Wildman–Crippen LogP) is -0.724. The molecule has 0 aliphatic rings. The van der Waals surface area contributed by atoms with E-state index >= 15 is 0 Å². The number of hydrogen-bond donors (Lipinski definition) is 2. The van der Waals surface area contributed by atoms with Gasteiger partial charge in [0.25, 0.3) is 0 Å². The Morgan fingerprint density at radius 3 is 1.57 bits per heavy atom. The molecule has 0 aromatic rings. The first-order chi connectivity index (χ1) is 2.56. The van der Waals surface area contributed by atoms with Gasteiger partial charge in [0, 0.05) is 17.1 Å². The molecule has 0 bridgehead atoms. The number of hydrogen-bond acceptors (Lipinski definition) is 4. The van der Waals surface area contributed by atoms with E-state index in [1.165, 1.54) is 0 Å². The molecule has 0 amide bonds. The zero-order valence-electron chi connectivity index (χ0n) is 2.88. The van der Waals surface area contributed by atoms with Gasteiger partial charge in [0.1, 0.15) is 0 Å². The molecule has 7 heteroatoms. The van der Waals surface area contributed by atoms with Crippen molar-refractivity contribution in [2.45, 2.75) is 0 Å². The average Bonchev–Trinajstić information content (AvgIpc) is 1.35. The SMILES string of the molecule is O=S(=O)(O)OO.[Fe]. The van der Waals surface area contributed by atoms with Crippen molar-refractivity contribution in [1.82, 2.24) is 0 Å². The van der Waals surface area contributed by atoms with Crippen molar-refractivity contribution in [1.29, 1.82) is 0 Å². The van der Waals surface area contributed by atoms with Gasteiger partial charge in [-0.3, -0.25) is 4.55 Å². The van der Waals surface area contributed by atoms with Crippen molar-refractivity contribution in [2.24, 2.45) is 0 Å². The first-order valence-electron chi connectivity index (χ1n) is 0.865. The van der Waals surface area contributed by atoms with Crippen LogP contribution in [0.1, 0.15) is 0 Å². The summed E-state index contributed by atoms with van der Waals surface area (Å²) in [6.07, 6.45) is 0. The summed E-state index contributed by atoms with van der Waals surface area (Å²) in [4.78, 5) is 0. The fourth-order valence-corrected chi connectivity index (χ4v) is 0. The molecule has 0 aliphatic heterocycles. The Bertz CT molecular complexity index is 110. The van der Waals surface area contributed by atoms with E-state index in [1.807, 2.05) is 0 Å². The molecule has 0 aromatic carbocycles. The largest absolute Gasteiger partial charge is 0.423 e. The number of rotatable bonds is 1. The molecule has 0 heterocycles. The van der Waals surface area contributed by atoms with Crippen molar-refractivity contribution in [3.8, 4) is 0 Å². The van der Waals surface area contributed by atoms with Crippen LogP contribution in [0.5, 0.6) is 0 Å². The van der Waals surface area contributed by atoms with Gasteiger partial charge < -0.3 is 0 Å². The Balaban J connectivity index is 0. The summed E-state index contributed by atoms with van der Waals surface area (Å²) in [7, 11) is -4.61. The predicted molar refractivity (Wildman–Crippen MR) is 15.3 cm³/mol. The van der Waals surface area contributed by atoms with E-state index in [2.05, 4.69) is 4.33 Å². The zero-order chi connectivity index (χ0) is 5.21. The van der Waals surface area contributed by atoms with E-state index < -0.39 is 10.4 Å². The summed E-state index contributed by atoms with van der Waals surface area (Å²) in [5, 5.41) is 7.06. The van der Waals surface area contributed by atoms with Crippen LogP contribution in [0.2, 0.25) is 0 Å². The summed E-state index contributed by atoms with van der Waals surface area (Å²) in [6, 6.07) is 0. The van der Waals surface area contributed by atoms with Gasteiger partial charge in [0.15, 0.2) is 0 Å². The van der Waals surface area contributed by atoms with Crippen molar-refractivity contribution < 1.29 is 39.6 Å². The third kappa shape index (κ3) is 10.7. The van der Waals surface area contributed by atoms with Crippen molar-refractivity contribution in [2.75, 3.05) is 0 Å². The molecule has 0 rings (SSSR count). The summed E-state index contributed by atoms with van der Waals surface area (Å²) >= 11 is 0. The quantitative estimate of drug-likeness (QED) is 0.234. The normalized spacial score (nSPS) is 10.0. The molecule has 0 radical (unpaired) electrons. The maximum atomic E-state index is 9.08.